The summed E-state index contributed by atoms with van der Waals surface area (Å²) in [6, 6.07) is 8.65. The summed E-state index contributed by atoms with van der Waals surface area (Å²) >= 11 is 6.27. The van der Waals surface area contributed by atoms with Crippen molar-refractivity contribution < 1.29 is 0 Å². The monoisotopic (exact) mass is 349 g/mol. The van der Waals surface area contributed by atoms with Crippen LogP contribution in [-0.2, 0) is 0 Å². The zero-order valence-corrected chi connectivity index (χ0v) is 15.0. The quantitative estimate of drug-likeness (QED) is 0.724. The summed E-state index contributed by atoms with van der Waals surface area (Å²) < 4.78 is 0. The maximum absolute atomic E-state index is 6.27. The van der Waals surface area contributed by atoms with Crippen LogP contribution in [0.3, 0.4) is 0 Å². The average Bonchev–Trinajstić information content (AvgIpc) is 3.04. The second-order valence-electron chi connectivity index (χ2n) is 5.76. The highest BCUT2D eigenvalue weighted by atomic mass is 35.5. The molecule has 0 amide bonds. The maximum atomic E-state index is 6.27. The fraction of sp³-hybridized carbons (Fsp3) is 0.375. The van der Waals surface area contributed by atoms with E-state index in [0.29, 0.717) is 22.8 Å². The van der Waals surface area contributed by atoms with Crippen molar-refractivity contribution in [2.45, 2.75) is 12.5 Å². The minimum absolute atomic E-state index is 0.214. The van der Waals surface area contributed by atoms with Gasteiger partial charge in [-0.15, -0.1) is 0 Å². The number of hydrogen-bond donors (Lipinski definition) is 3. The molecule has 1 atom stereocenters. The minimum atomic E-state index is -0.214. The molecular weight excluding hydrogens is 329 g/mol. The lowest BCUT2D eigenvalue weighted by molar-refractivity contribution is 0.781. The van der Waals surface area contributed by atoms with Gasteiger partial charge in [0.1, 0.15) is 5.02 Å². The molecule has 0 radical (unpaired) electrons. The lowest BCUT2D eigenvalue weighted by Crippen LogP contribution is -2.23. The summed E-state index contributed by atoms with van der Waals surface area (Å²) in [5.74, 6) is 1.25. The molecule has 3 N–H and O–H groups in total. The van der Waals surface area contributed by atoms with Crippen molar-refractivity contribution in [3.8, 4) is 0 Å². The molecule has 0 unspecified atom stereocenters. The molecule has 2 heterocycles. The second-order valence-corrected chi connectivity index (χ2v) is 8.44. The normalized spacial score (nSPS) is 17.5. The van der Waals surface area contributed by atoms with E-state index < -0.39 is 0 Å². The molecule has 2 aromatic rings. The number of aromatic nitrogens is 2. The Morgan fingerprint density at radius 2 is 2.13 bits per heavy atom. The van der Waals surface area contributed by atoms with Gasteiger partial charge in [-0.25, -0.2) is 4.98 Å². The predicted octanol–water partition coefficient (Wildman–Crippen LogP) is 3.01. The number of nitrogens with one attached hydrogen (secondary N) is 3. The van der Waals surface area contributed by atoms with Crippen LogP contribution in [0.25, 0.3) is 0 Å². The van der Waals surface area contributed by atoms with Crippen LogP contribution in [0.15, 0.2) is 30.5 Å². The molecule has 0 aliphatic carbocycles. The Morgan fingerprint density at radius 1 is 1.30 bits per heavy atom. The molecule has 23 heavy (non-hydrogen) atoms. The van der Waals surface area contributed by atoms with Crippen LogP contribution in [0.2, 0.25) is 5.02 Å². The average molecular weight is 350 g/mol. The molecule has 5 nitrogen and oxygen atoms in total. The largest absolute Gasteiger partial charge is 0.350 e. The van der Waals surface area contributed by atoms with Crippen LogP contribution in [-0.4, -0.2) is 42.4 Å². The summed E-state index contributed by atoms with van der Waals surface area (Å²) in [5, 5.41) is 11.9. The SMILES string of the molecule is CP(C)c1ccccc1Nc1nc(N[C@@H]2CCNC2)ncc1Cl. The van der Waals surface area contributed by atoms with E-state index in [9.17, 15) is 0 Å². The van der Waals surface area contributed by atoms with Crippen molar-refractivity contribution in [2.24, 2.45) is 0 Å². The van der Waals surface area contributed by atoms with E-state index in [-0.39, 0.29) is 7.92 Å². The summed E-state index contributed by atoms with van der Waals surface area (Å²) in [5.41, 5.74) is 1.05. The van der Waals surface area contributed by atoms with Gasteiger partial charge < -0.3 is 16.0 Å². The van der Waals surface area contributed by atoms with Crippen molar-refractivity contribution in [2.75, 3.05) is 37.1 Å². The fourth-order valence-corrected chi connectivity index (χ4v) is 3.72. The Balaban J connectivity index is 1.82. The number of para-hydroxylation sites is 1. The van der Waals surface area contributed by atoms with Gasteiger partial charge >= 0.3 is 0 Å². The van der Waals surface area contributed by atoms with Gasteiger partial charge in [-0.2, -0.15) is 4.98 Å². The van der Waals surface area contributed by atoms with Gasteiger partial charge in [0, 0.05) is 18.3 Å². The Labute approximate surface area is 143 Å². The van der Waals surface area contributed by atoms with Crippen molar-refractivity contribution >= 4 is 42.3 Å². The van der Waals surface area contributed by atoms with E-state index in [4.69, 9.17) is 11.6 Å². The first-order valence-electron chi connectivity index (χ1n) is 7.66. The first kappa shape index (κ1) is 16.4. The van der Waals surface area contributed by atoms with E-state index in [0.717, 1.165) is 25.2 Å². The molecular formula is C16H21ClN5P. The number of halogens is 1. The highest BCUT2D eigenvalue weighted by Crippen LogP contribution is 2.31. The van der Waals surface area contributed by atoms with Gasteiger partial charge in [0.2, 0.25) is 5.95 Å². The first-order chi connectivity index (χ1) is 11.1. The van der Waals surface area contributed by atoms with Crippen LogP contribution in [0.1, 0.15) is 6.42 Å². The van der Waals surface area contributed by atoms with E-state index in [1.165, 1.54) is 5.30 Å². The van der Waals surface area contributed by atoms with E-state index in [1.54, 1.807) is 6.20 Å². The van der Waals surface area contributed by atoms with Gasteiger partial charge in [-0.1, -0.05) is 37.7 Å². The summed E-state index contributed by atoms with van der Waals surface area (Å²) in [4.78, 5) is 8.83. The zero-order chi connectivity index (χ0) is 16.2. The number of benzene rings is 1. The second kappa shape index (κ2) is 7.43. The standard InChI is InChI=1S/C16H21ClN5P/c1-23(2)14-6-4-3-5-13(14)21-15-12(17)10-19-16(22-15)20-11-7-8-18-9-11/h3-6,10-11,18H,7-9H2,1-2H3,(H2,19,20,21,22)/t11-/m1/s1. The molecule has 1 aromatic carbocycles. The number of anilines is 3. The lowest BCUT2D eigenvalue weighted by Gasteiger charge is -2.16. The lowest BCUT2D eigenvalue weighted by atomic mass is 10.3. The molecule has 0 bridgehead atoms. The van der Waals surface area contributed by atoms with Crippen LogP contribution in [0.4, 0.5) is 17.5 Å². The molecule has 1 aliphatic heterocycles. The molecule has 1 aliphatic rings. The number of rotatable bonds is 5. The number of nitrogens with zero attached hydrogens (tertiary/aromatic N) is 2. The Kier molecular flexibility index (Phi) is 5.31. The van der Waals surface area contributed by atoms with Crippen molar-refractivity contribution in [3.05, 3.63) is 35.5 Å². The van der Waals surface area contributed by atoms with E-state index >= 15 is 0 Å². The Bertz CT molecular complexity index is 673. The minimum Gasteiger partial charge on any atom is -0.350 e. The highest BCUT2D eigenvalue weighted by molar-refractivity contribution is 7.64. The Hall–Kier alpha value is -1.42. The zero-order valence-electron chi connectivity index (χ0n) is 13.3. The first-order valence-corrected chi connectivity index (χ1v) is 10.3. The molecule has 1 aromatic heterocycles. The molecule has 122 valence electrons. The highest BCUT2D eigenvalue weighted by Gasteiger charge is 2.16. The van der Waals surface area contributed by atoms with Gasteiger partial charge in [0.25, 0.3) is 0 Å². The van der Waals surface area contributed by atoms with Crippen LogP contribution < -0.4 is 21.3 Å². The predicted molar refractivity (Wildman–Crippen MR) is 100 cm³/mol. The van der Waals surface area contributed by atoms with Gasteiger partial charge in [0.15, 0.2) is 5.82 Å². The topological polar surface area (TPSA) is 61.9 Å². The summed E-state index contributed by atoms with van der Waals surface area (Å²) in [6.45, 7) is 6.43. The van der Waals surface area contributed by atoms with Gasteiger partial charge in [-0.3, -0.25) is 0 Å². The third kappa shape index (κ3) is 4.11. The smallest absolute Gasteiger partial charge is 0.224 e. The molecule has 3 rings (SSSR count). The van der Waals surface area contributed by atoms with Gasteiger partial charge in [0.05, 0.1) is 6.20 Å². The molecule has 1 fully saturated rings. The fourth-order valence-electron chi connectivity index (χ4n) is 2.58. The van der Waals surface area contributed by atoms with Crippen LogP contribution in [0.5, 0.6) is 0 Å². The summed E-state index contributed by atoms with van der Waals surface area (Å²) in [7, 11) is -0.214. The van der Waals surface area contributed by atoms with Crippen molar-refractivity contribution in [1.82, 2.24) is 15.3 Å². The van der Waals surface area contributed by atoms with E-state index in [2.05, 4.69) is 57.4 Å². The molecule has 0 saturated carbocycles. The number of hydrogen-bond acceptors (Lipinski definition) is 5. The van der Waals surface area contributed by atoms with Gasteiger partial charge in [-0.05, 0) is 37.7 Å². The van der Waals surface area contributed by atoms with Crippen molar-refractivity contribution in [1.29, 1.82) is 0 Å². The molecule has 0 spiro atoms. The molecule has 1 saturated heterocycles. The van der Waals surface area contributed by atoms with Crippen LogP contribution >= 0.6 is 19.5 Å². The van der Waals surface area contributed by atoms with Crippen LogP contribution in [0, 0.1) is 0 Å². The third-order valence-corrected chi connectivity index (χ3v) is 5.41. The molecule has 7 heteroatoms. The summed E-state index contributed by atoms with van der Waals surface area (Å²) in [6.07, 6.45) is 2.72. The van der Waals surface area contributed by atoms with E-state index in [1.807, 2.05) is 6.07 Å². The third-order valence-electron chi connectivity index (χ3n) is 3.78. The Morgan fingerprint density at radius 3 is 2.87 bits per heavy atom. The maximum Gasteiger partial charge on any atom is 0.224 e. The van der Waals surface area contributed by atoms with Crippen molar-refractivity contribution in [3.63, 3.8) is 0 Å².